The monoisotopic (exact) mass is 512 g/mol. The molecule has 0 saturated carbocycles. The summed E-state index contributed by atoms with van der Waals surface area (Å²) < 4.78 is 45.7. The van der Waals surface area contributed by atoms with Gasteiger partial charge in [0, 0.05) is 37.4 Å². The van der Waals surface area contributed by atoms with Crippen LogP contribution in [0, 0.1) is 5.92 Å². The van der Waals surface area contributed by atoms with Crippen molar-refractivity contribution in [1.29, 1.82) is 0 Å². The minimum Gasteiger partial charge on any atom is -0.444 e. The molecule has 1 unspecified atom stereocenters. The Morgan fingerprint density at radius 2 is 1.89 bits per heavy atom. The Morgan fingerprint density at radius 1 is 1.05 bits per heavy atom. The SMILES string of the molecule is O=C(Nc1cccc(-c2cnco2)c1)N1c2nc(N3CCCC(C(F)(F)F)C3)ccc2N2CCC[C@@H]1C2. The zero-order valence-corrected chi connectivity index (χ0v) is 20.1. The molecule has 6 rings (SSSR count). The number of aromatic nitrogens is 2. The van der Waals surface area contributed by atoms with Crippen molar-refractivity contribution in [3.05, 3.63) is 49.0 Å². The number of urea groups is 1. The van der Waals surface area contributed by atoms with Crippen LogP contribution in [0.4, 0.5) is 41.0 Å². The molecule has 37 heavy (non-hydrogen) atoms. The fourth-order valence-electron chi connectivity index (χ4n) is 5.60. The van der Waals surface area contributed by atoms with Crippen molar-refractivity contribution in [2.45, 2.75) is 37.9 Å². The summed E-state index contributed by atoms with van der Waals surface area (Å²) in [4.78, 5) is 28.0. The van der Waals surface area contributed by atoms with Crippen LogP contribution in [0.15, 0.2) is 53.4 Å². The van der Waals surface area contributed by atoms with Gasteiger partial charge in [-0.25, -0.2) is 14.8 Å². The molecule has 3 aliphatic heterocycles. The van der Waals surface area contributed by atoms with Crippen molar-refractivity contribution in [3.8, 4) is 11.3 Å². The first-order valence-corrected chi connectivity index (χ1v) is 12.5. The molecule has 3 aliphatic rings. The lowest BCUT2D eigenvalue weighted by Crippen LogP contribution is -2.56. The number of carbonyl (C=O) groups is 1. The Hall–Kier alpha value is -3.76. The highest BCUT2D eigenvalue weighted by molar-refractivity contribution is 6.04. The average Bonchev–Trinajstić information content (AvgIpc) is 3.44. The minimum absolute atomic E-state index is 0.0780. The molecule has 1 aromatic carbocycles. The van der Waals surface area contributed by atoms with E-state index in [-0.39, 0.29) is 25.0 Å². The van der Waals surface area contributed by atoms with Gasteiger partial charge in [0.15, 0.2) is 18.0 Å². The topological polar surface area (TPSA) is 77.7 Å². The van der Waals surface area contributed by atoms with Crippen molar-refractivity contribution in [3.63, 3.8) is 0 Å². The number of carbonyl (C=O) groups excluding carboxylic acids is 1. The Kier molecular flexibility index (Phi) is 5.92. The first-order chi connectivity index (χ1) is 17.9. The van der Waals surface area contributed by atoms with Gasteiger partial charge >= 0.3 is 12.2 Å². The second-order valence-corrected chi connectivity index (χ2v) is 9.83. The lowest BCUT2D eigenvalue weighted by Gasteiger charge is -2.46. The van der Waals surface area contributed by atoms with Crippen LogP contribution in [-0.2, 0) is 0 Å². The summed E-state index contributed by atoms with van der Waals surface area (Å²) in [6.07, 6.45) is 1.06. The predicted molar refractivity (Wildman–Crippen MR) is 134 cm³/mol. The number of oxazole rings is 1. The number of hydrogen-bond acceptors (Lipinski definition) is 6. The van der Waals surface area contributed by atoms with Crippen molar-refractivity contribution < 1.29 is 22.4 Å². The third kappa shape index (κ3) is 4.58. The highest BCUT2D eigenvalue weighted by Gasteiger charge is 2.43. The van der Waals surface area contributed by atoms with Gasteiger partial charge in [0.1, 0.15) is 5.82 Å². The van der Waals surface area contributed by atoms with Crippen molar-refractivity contribution in [2.24, 2.45) is 5.92 Å². The fourth-order valence-corrected chi connectivity index (χ4v) is 5.60. The molecule has 194 valence electrons. The van der Waals surface area contributed by atoms with E-state index < -0.39 is 12.1 Å². The number of benzene rings is 1. The van der Waals surface area contributed by atoms with Crippen LogP contribution in [-0.4, -0.2) is 54.4 Å². The van der Waals surface area contributed by atoms with E-state index >= 15 is 0 Å². The molecule has 0 radical (unpaired) electrons. The number of halogens is 3. The number of rotatable bonds is 3. The summed E-state index contributed by atoms with van der Waals surface area (Å²) in [7, 11) is 0. The lowest BCUT2D eigenvalue weighted by molar-refractivity contribution is -0.176. The largest absolute Gasteiger partial charge is 0.444 e. The fraction of sp³-hybridized carbons (Fsp3) is 0.423. The molecule has 2 atom stereocenters. The molecule has 0 spiro atoms. The van der Waals surface area contributed by atoms with Crippen LogP contribution < -0.4 is 20.0 Å². The first-order valence-electron chi connectivity index (χ1n) is 12.5. The molecule has 0 aliphatic carbocycles. The van der Waals surface area contributed by atoms with Gasteiger partial charge in [-0.2, -0.15) is 13.2 Å². The zero-order chi connectivity index (χ0) is 25.6. The summed E-state index contributed by atoms with van der Waals surface area (Å²) in [5.74, 6) is 0.177. The zero-order valence-electron chi connectivity index (χ0n) is 20.1. The molecule has 5 heterocycles. The van der Waals surface area contributed by atoms with Gasteiger partial charge in [0.25, 0.3) is 0 Å². The number of alkyl halides is 3. The predicted octanol–water partition coefficient (Wildman–Crippen LogP) is 5.54. The highest BCUT2D eigenvalue weighted by Crippen LogP contribution is 2.41. The van der Waals surface area contributed by atoms with Gasteiger partial charge in [-0.3, -0.25) is 4.90 Å². The van der Waals surface area contributed by atoms with Gasteiger partial charge in [-0.05, 0) is 49.9 Å². The number of fused-ring (bicyclic) bond motifs is 4. The van der Waals surface area contributed by atoms with Gasteiger partial charge in [0.05, 0.1) is 23.8 Å². The molecule has 3 aromatic rings. The maximum Gasteiger partial charge on any atom is 0.393 e. The van der Waals surface area contributed by atoms with E-state index in [1.54, 1.807) is 28.1 Å². The molecule has 1 N–H and O–H groups in total. The van der Waals surface area contributed by atoms with Crippen LogP contribution in [0.5, 0.6) is 0 Å². The summed E-state index contributed by atoms with van der Waals surface area (Å²) in [5.41, 5.74) is 2.21. The third-order valence-electron chi connectivity index (χ3n) is 7.43. The quantitative estimate of drug-likeness (QED) is 0.497. The molecule has 8 nitrogen and oxygen atoms in total. The second kappa shape index (κ2) is 9.28. The van der Waals surface area contributed by atoms with Crippen LogP contribution in [0.25, 0.3) is 11.3 Å². The Balaban J connectivity index is 1.30. The maximum atomic E-state index is 13.7. The number of amides is 2. The Morgan fingerprint density at radius 3 is 2.70 bits per heavy atom. The number of nitrogens with one attached hydrogen (secondary N) is 1. The highest BCUT2D eigenvalue weighted by atomic mass is 19.4. The Bertz CT molecular complexity index is 1280. The summed E-state index contributed by atoms with van der Waals surface area (Å²) in [5, 5.41) is 2.99. The third-order valence-corrected chi connectivity index (χ3v) is 7.43. The van der Waals surface area contributed by atoms with Crippen molar-refractivity contribution >= 4 is 29.0 Å². The summed E-state index contributed by atoms with van der Waals surface area (Å²) in [6, 6.07) is 10.6. The number of hydrogen-bond donors (Lipinski definition) is 1. The smallest absolute Gasteiger partial charge is 0.393 e. The van der Waals surface area contributed by atoms with Crippen LogP contribution >= 0.6 is 0 Å². The van der Waals surface area contributed by atoms with Gasteiger partial charge in [0.2, 0.25) is 0 Å². The number of pyridine rings is 1. The number of anilines is 4. The van der Waals surface area contributed by atoms with Gasteiger partial charge in [-0.1, -0.05) is 12.1 Å². The summed E-state index contributed by atoms with van der Waals surface area (Å²) >= 11 is 0. The van der Waals surface area contributed by atoms with Crippen molar-refractivity contribution in [1.82, 2.24) is 9.97 Å². The second-order valence-electron chi connectivity index (χ2n) is 9.83. The van der Waals surface area contributed by atoms with Crippen LogP contribution in [0.3, 0.4) is 0 Å². The molecule has 11 heteroatoms. The van der Waals surface area contributed by atoms with E-state index in [1.165, 1.54) is 6.39 Å². The average molecular weight is 513 g/mol. The van der Waals surface area contributed by atoms with Crippen LogP contribution in [0.1, 0.15) is 25.7 Å². The standard InChI is InChI=1S/C26H27F3N6O2/c27-26(28,29)18-5-2-11-34(14-18)23-9-8-21-24(32-23)35(20-7-3-10-33(21)15-20)25(36)31-19-6-1-4-17(12-19)22-13-30-16-37-22/h1,4,6,8-9,12-13,16,18,20H,2-3,5,7,10-11,14-15H2,(H,31,36)/t18?,20-/m1/s1. The summed E-state index contributed by atoms with van der Waals surface area (Å²) in [6.45, 7) is 1.94. The molecular formula is C26H27F3N6O2. The molecular weight excluding hydrogens is 485 g/mol. The lowest BCUT2D eigenvalue weighted by atomic mass is 9.97. The van der Waals surface area contributed by atoms with E-state index in [2.05, 4.69) is 15.2 Å². The number of piperidine rings is 2. The molecule has 2 bridgehead atoms. The van der Waals surface area contributed by atoms with E-state index in [1.807, 2.05) is 24.3 Å². The van der Waals surface area contributed by atoms with E-state index in [4.69, 9.17) is 9.40 Å². The molecule has 2 aromatic heterocycles. The van der Waals surface area contributed by atoms with E-state index in [9.17, 15) is 18.0 Å². The maximum absolute atomic E-state index is 13.7. The number of nitrogens with zero attached hydrogens (tertiary/aromatic N) is 5. The van der Waals surface area contributed by atoms with Crippen molar-refractivity contribution in [2.75, 3.05) is 46.2 Å². The normalized spacial score (nSPS) is 21.5. The first kappa shape index (κ1) is 23.6. The van der Waals surface area contributed by atoms with E-state index in [0.717, 1.165) is 30.6 Å². The van der Waals surface area contributed by atoms with Gasteiger partial charge in [-0.15, -0.1) is 0 Å². The van der Waals surface area contributed by atoms with Gasteiger partial charge < -0.3 is 19.5 Å². The molecule has 2 saturated heterocycles. The van der Waals surface area contributed by atoms with Crippen LogP contribution in [0.2, 0.25) is 0 Å². The minimum atomic E-state index is -4.23. The molecule has 2 fully saturated rings. The Labute approximate surface area is 212 Å². The molecule has 2 amide bonds. The van der Waals surface area contributed by atoms with E-state index in [0.29, 0.717) is 42.6 Å².